The van der Waals surface area contributed by atoms with E-state index in [0.29, 0.717) is 18.9 Å². The molecule has 1 saturated carbocycles. The summed E-state index contributed by atoms with van der Waals surface area (Å²) in [7, 11) is 1.32. The molecule has 11 heteroatoms. The van der Waals surface area contributed by atoms with Crippen molar-refractivity contribution in [1.29, 1.82) is 0 Å². The van der Waals surface area contributed by atoms with Gasteiger partial charge in [-0.1, -0.05) is 19.3 Å². The lowest BCUT2D eigenvalue weighted by atomic mass is 9.82. The molecule has 1 aliphatic heterocycles. The van der Waals surface area contributed by atoms with E-state index in [1.54, 1.807) is 0 Å². The maximum Gasteiger partial charge on any atom is 0.325 e. The Morgan fingerprint density at radius 1 is 1.13 bits per heavy atom. The van der Waals surface area contributed by atoms with Gasteiger partial charge in [0.05, 0.1) is 12.2 Å². The third kappa shape index (κ3) is 4.64. The summed E-state index contributed by atoms with van der Waals surface area (Å²) in [6.45, 7) is -0.615. The molecule has 31 heavy (non-hydrogen) atoms. The van der Waals surface area contributed by atoms with Gasteiger partial charge in [-0.05, 0) is 25.0 Å². The summed E-state index contributed by atoms with van der Waals surface area (Å²) in [5.41, 5.74) is -1.43. The Hall–Kier alpha value is -3.11. The van der Waals surface area contributed by atoms with Gasteiger partial charge in [0.25, 0.3) is 5.91 Å². The lowest BCUT2D eigenvalue weighted by molar-refractivity contribution is -0.135. The van der Waals surface area contributed by atoms with Gasteiger partial charge in [-0.25, -0.2) is 18.0 Å². The quantitative estimate of drug-likeness (QED) is 0.523. The van der Waals surface area contributed by atoms with E-state index >= 15 is 0 Å². The fraction of sp³-hybridized carbons (Fsp3) is 0.500. The molecule has 2 fully saturated rings. The first-order valence-electron chi connectivity index (χ1n) is 9.96. The maximum atomic E-state index is 13.7. The van der Waals surface area contributed by atoms with Crippen molar-refractivity contribution in [3.8, 4) is 0 Å². The number of rotatable bonds is 6. The van der Waals surface area contributed by atoms with Crippen LogP contribution in [0.5, 0.6) is 0 Å². The number of nitrogens with one attached hydrogen (secondary N) is 2. The van der Waals surface area contributed by atoms with Crippen LogP contribution in [0, 0.1) is 17.5 Å². The molecule has 3 rings (SSSR count). The van der Waals surface area contributed by atoms with Crippen LogP contribution >= 0.6 is 0 Å². The van der Waals surface area contributed by atoms with Crippen molar-refractivity contribution < 1.29 is 32.3 Å². The van der Waals surface area contributed by atoms with Gasteiger partial charge in [-0.3, -0.25) is 19.3 Å². The summed E-state index contributed by atoms with van der Waals surface area (Å²) >= 11 is 0. The number of halogens is 3. The Morgan fingerprint density at radius 3 is 2.48 bits per heavy atom. The molecule has 0 unspecified atom stereocenters. The number of amides is 5. The van der Waals surface area contributed by atoms with Gasteiger partial charge < -0.3 is 15.5 Å². The Bertz CT molecular complexity index is 918. The molecule has 1 aromatic rings. The zero-order valence-corrected chi connectivity index (χ0v) is 17.0. The second-order valence-corrected chi connectivity index (χ2v) is 7.80. The molecule has 0 radical (unpaired) electrons. The summed E-state index contributed by atoms with van der Waals surface area (Å²) in [6.07, 6.45) is 3.64. The van der Waals surface area contributed by atoms with E-state index in [9.17, 15) is 32.3 Å². The Balaban J connectivity index is 1.51. The standard InChI is InChI=1S/C20H23F3N4O4/c1-26(11-14(28)24-13-6-5-12(21)16(22)17(13)23)15(29)7-10-27-18(30)20(25-19(27)31)8-3-2-4-9-20/h5-6H,2-4,7-11H2,1H3,(H,24,28)(H,25,31). The molecule has 2 aliphatic rings. The highest BCUT2D eigenvalue weighted by Gasteiger charge is 2.51. The average Bonchev–Trinajstić information content (AvgIpc) is 2.96. The van der Waals surface area contributed by atoms with Crippen LogP contribution in [0.3, 0.4) is 0 Å². The van der Waals surface area contributed by atoms with Crippen LogP contribution in [-0.4, -0.2) is 59.2 Å². The van der Waals surface area contributed by atoms with Crippen molar-refractivity contribution >= 4 is 29.4 Å². The van der Waals surface area contributed by atoms with E-state index in [4.69, 9.17) is 0 Å². The molecule has 0 bridgehead atoms. The van der Waals surface area contributed by atoms with E-state index in [1.807, 2.05) is 0 Å². The van der Waals surface area contributed by atoms with Crippen LogP contribution in [-0.2, 0) is 14.4 Å². The molecule has 0 atom stereocenters. The molecular formula is C20H23F3N4O4. The van der Waals surface area contributed by atoms with E-state index in [1.165, 1.54) is 7.05 Å². The highest BCUT2D eigenvalue weighted by molar-refractivity contribution is 6.07. The Labute approximate surface area is 176 Å². The number of carbonyl (C=O) groups excluding carboxylic acids is 4. The predicted octanol–water partition coefficient (Wildman–Crippen LogP) is 2.15. The number of urea groups is 1. The van der Waals surface area contributed by atoms with Crippen molar-refractivity contribution in [3.05, 3.63) is 29.6 Å². The largest absolute Gasteiger partial charge is 0.336 e. The monoisotopic (exact) mass is 440 g/mol. The fourth-order valence-corrected chi connectivity index (χ4v) is 3.89. The first-order valence-corrected chi connectivity index (χ1v) is 9.96. The molecule has 1 heterocycles. The normalized spacial score (nSPS) is 17.6. The zero-order chi connectivity index (χ0) is 22.8. The molecule has 1 spiro atoms. The topological polar surface area (TPSA) is 98.8 Å². The lowest BCUT2D eigenvalue weighted by Gasteiger charge is -2.30. The minimum absolute atomic E-state index is 0.130. The molecule has 2 N–H and O–H groups in total. The van der Waals surface area contributed by atoms with Gasteiger partial charge >= 0.3 is 6.03 Å². The minimum atomic E-state index is -1.72. The summed E-state index contributed by atoms with van der Waals surface area (Å²) in [6, 6.07) is 1.00. The van der Waals surface area contributed by atoms with Gasteiger partial charge in [0.2, 0.25) is 11.8 Å². The molecule has 1 aromatic carbocycles. The summed E-state index contributed by atoms with van der Waals surface area (Å²) in [5, 5.41) is 4.82. The molecule has 1 saturated heterocycles. The summed E-state index contributed by atoms with van der Waals surface area (Å²) < 4.78 is 39.9. The highest BCUT2D eigenvalue weighted by atomic mass is 19.2. The zero-order valence-electron chi connectivity index (χ0n) is 17.0. The Kier molecular flexibility index (Phi) is 6.51. The van der Waals surface area contributed by atoms with Crippen LogP contribution in [0.25, 0.3) is 0 Å². The molecule has 1 aliphatic carbocycles. The smallest absolute Gasteiger partial charge is 0.325 e. The van der Waals surface area contributed by atoms with Crippen molar-refractivity contribution in [2.45, 2.75) is 44.1 Å². The number of hydrogen-bond donors (Lipinski definition) is 2. The average molecular weight is 440 g/mol. The third-order valence-corrected chi connectivity index (χ3v) is 5.62. The van der Waals surface area contributed by atoms with Crippen molar-refractivity contribution in [1.82, 2.24) is 15.1 Å². The fourth-order valence-electron chi connectivity index (χ4n) is 3.89. The van der Waals surface area contributed by atoms with Crippen molar-refractivity contribution in [2.24, 2.45) is 0 Å². The number of imide groups is 1. The van der Waals surface area contributed by atoms with Crippen LogP contribution in [0.15, 0.2) is 12.1 Å². The van der Waals surface area contributed by atoms with E-state index in [0.717, 1.165) is 35.1 Å². The van der Waals surface area contributed by atoms with E-state index < -0.39 is 53.1 Å². The number of likely N-dealkylation sites (N-methyl/N-ethyl adjacent to an activating group) is 1. The molecule has 0 aromatic heterocycles. The van der Waals surface area contributed by atoms with Crippen molar-refractivity contribution in [3.63, 3.8) is 0 Å². The second kappa shape index (κ2) is 8.94. The number of benzene rings is 1. The predicted molar refractivity (Wildman–Crippen MR) is 103 cm³/mol. The first-order chi connectivity index (χ1) is 14.6. The van der Waals surface area contributed by atoms with Crippen LogP contribution in [0.2, 0.25) is 0 Å². The number of anilines is 1. The summed E-state index contributed by atoms with van der Waals surface area (Å²) in [4.78, 5) is 51.3. The first kappa shape index (κ1) is 22.6. The van der Waals surface area contributed by atoms with Gasteiger partial charge in [0, 0.05) is 20.0 Å². The third-order valence-electron chi connectivity index (χ3n) is 5.62. The Morgan fingerprint density at radius 2 is 1.81 bits per heavy atom. The van der Waals surface area contributed by atoms with Crippen LogP contribution < -0.4 is 10.6 Å². The van der Waals surface area contributed by atoms with Crippen molar-refractivity contribution in [2.75, 3.05) is 25.5 Å². The summed E-state index contributed by atoms with van der Waals surface area (Å²) in [5.74, 6) is -6.33. The van der Waals surface area contributed by atoms with Gasteiger partial charge in [0.15, 0.2) is 17.5 Å². The number of hydrogen-bond acceptors (Lipinski definition) is 4. The maximum absolute atomic E-state index is 13.7. The van der Waals surface area contributed by atoms with Gasteiger partial charge in [0.1, 0.15) is 5.54 Å². The lowest BCUT2D eigenvalue weighted by Crippen LogP contribution is -2.48. The number of nitrogens with zero attached hydrogens (tertiary/aromatic N) is 2. The molecular weight excluding hydrogens is 417 g/mol. The molecule has 8 nitrogen and oxygen atoms in total. The van der Waals surface area contributed by atoms with Gasteiger partial charge in [-0.15, -0.1) is 0 Å². The molecule has 168 valence electrons. The SMILES string of the molecule is CN(CC(=O)Nc1ccc(F)c(F)c1F)C(=O)CCN1C(=O)NC2(CCCCC2)C1=O. The van der Waals surface area contributed by atoms with Crippen LogP contribution in [0.4, 0.5) is 23.7 Å². The van der Waals surface area contributed by atoms with E-state index in [-0.39, 0.29) is 18.9 Å². The minimum Gasteiger partial charge on any atom is -0.336 e. The number of carbonyl (C=O) groups is 4. The van der Waals surface area contributed by atoms with Gasteiger partial charge in [-0.2, -0.15) is 0 Å². The van der Waals surface area contributed by atoms with E-state index in [2.05, 4.69) is 10.6 Å². The second-order valence-electron chi connectivity index (χ2n) is 7.80. The van der Waals surface area contributed by atoms with Crippen LogP contribution in [0.1, 0.15) is 38.5 Å². The highest BCUT2D eigenvalue weighted by Crippen LogP contribution is 2.33. The molecule has 5 amide bonds.